The van der Waals surface area contributed by atoms with Crippen molar-refractivity contribution in [1.82, 2.24) is 0 Å². The van der Waals surface area contributed by atoms with Gasteiger partial charge in [-0.05, 0) is 56.7 Å². The van der Waals surface area contributed by atoms with E-state index in [1.165, 1.54) is 0 Å². The molecular formula is C20H24O4. The molecule has 0 aliphatic heterocycles. The lowest BCUT2D eigenvalue weighted by atomic mass is 10.1. The van der Waals surface area contributed by atoms with Gasteiger partial charge in [-0.2, -0.15) is 0 Å². The lowest BCUT2D eigenvalue weighted by molar-refractivity contribution is -0.105. The van der Waals surface area contributed by atoms with Crippen LogP contribution in [0.15, 0.2) is 47.7 Å². The smallest absolute Gasteiger partial charge is 0.153 e. The second-order valence-corrected chi connectivity index (χ2v) is 5.69. The molecule has 0 atom stereocenters. The molecular weight excluding hydrogens is 304 g/mol. The summed E-state index contributed by atoms with van der Waals surface area (Å²) in [7, 11) is 0. The number of hydrogen-bond donors (Lipinski definition) is 0. The van der Waals surface area contributed by atoms with Crippen LogP contribution < -0.4 is 4.74 Å². The van der Waals surface area contributed by atoms with Crippen LogP contribution >= 0.6 is 0 Å². The summed E-state index contributed by atoms with van der Waals surface area (Å²) in [4.78, 5) is 21.8. The zero-order valence-corrected chi connectivity index (χ0v) is 13.9. The Hall–Kier alpha value is -2.36. The maximum Gasteiger partial charge on any atom is 0.153 e. The van der Waals surface area contributed by atoms with Crippen LogP contribution in [0.2, 0.25) is 0 Å². The number of allylic oxidation sites excluding steroid dienone is 3. The number of para-hydroxylation sites is 1. The first-order valence-corrected chi connectivity index (χ1v) is 8.51. The Labute approximate surface area is 143 Å². The second-order valence-electron chi connectivity index (χ2n) is 5.69. The van der Waals surface area contributed by atoms with E-state index >= 15 is 0 Å². The second kappa shape index (κ2) is 10.4. The van der Waals surface area contributed by atoms with Crippen LogP contribution in [0.25, 0.3) is 0 Å². The molecule has 4 nitrogen and oxygen atoms in total. The molecule has 0 saturated heterocycles. The molecule has 24 heavy (non-hydrogen) atoms. The topological polar surface area (TPSA) is 52.6 Å². The molecule has 0 heterocycles. The molecule has 1 aromatic rings. The first kappa shape index (κ1) is 18.0. The average molecular weight is 328 g/mol. The molecule has 128 valence electrons. The molecule has 0 amide bonds. The van der Waals surface area contributed by atoms with Crippen LogP contribution in [-0.4, -0.2) is 25.8 Å². The van der Waals surface area contributed by atoms with E-state index in [-0.39, 0.29) is 0 Å². The van der Waals surface area contributed by atoms with Crippen molar-refractivity contribution in [3.63, 3.8) is 0 Å². The fourth-order valence-electron chi connectivity index (χ4n) is 2.55. The van der Waals surface area contributed by atoms with E-state index in [2.05, 4.69) is 0 Å². The van der Waals surface area contributed by atoms with Crippen molar-refractivity contribution in [3.8, 4) is 5.75 Å². The van der Waals surface area contributed by atoms with Crippen molar-refractivity contribution in [2.45, 2.75) is 38.5 Å². The van der Waals surface area contributed by atoms with Crippen LogP contribution in [0.5, 0.6) is 5.75 Å². The number of carbonyl (C=O) groups is 2. The minimum atomic E-state index is 0.589. The van der Waals surface area contributed by atoms with E-state index in [0.717, 1.165) is 56.9 Å². The van der Waals surface area contributed by atoms with Crippen molar-refractivity contribution in [2.75, 3.05) is 13.2 Å². The number of aldehydes is 2. The van der Waals surface area contributed by atoms with Gasteiger partial charge in [0.05, 0.1) is 24.4 Å². The van der Waals surface area contributed by atoms with Crippen molar-refractivity contribution in [3.05, 3.63) is 53.3 Å². The van der Waals surface area contributed by atoms with Gasteiger partial charge in [-0.15, -0.1) is 0 Å². The van der Waals surface area contributed by atoms with E-state index in [1.807, 2.05) is 30.4 Å². The van der Waals surface area contributed by atoms with Gasteiger partial charge in [0, 0.05) is 0 Å². The number of hydrogen-bond acceptors (Lipinski definition) is 4. The SMILES string of the molecule is O=CC1=CCCC=C1OCCCCCCOc1ccccc1C=O. The number of unbranched alkanes of at least 4 members (excludes halogenated alkanes) is 3. The Morgan fingerprint density at radius 3 is 2.29 bits per heavy atom. The summed E-state index contributed by atoms with van der Waals surface area (Å²) in [5.74, 6) is 1.37. The van der Waals surface area contributed by atoms with Gasteiger partial charge in [-0.3, -0.25) is 9.59 Å². The fourth-order valence-corrected chi connectivity index (χ4v) is 2.55. The minimum Gasteiger partial charge on any atom is -0.493 e. The molecule has 0 radical (unpaired) electrons. The largest absolute Gasteiger partial charge is 0.493 e. The number of ether oxygens (including phenoxy) is 2. The van der Waals surface area contributed by atoms with Gasteiger partial charge in [-0.25, -0.2) is 0 Å². The van der Waals surface area contributed by atoms with E-state index in [0.29, 0.717) is 30.1 Å². The maximum atomic E-state index is 10.9. The van der Waals surface area contributed by atoms with Crippen molar-refractivity contribution >= 4 is 12.6 Å². The monoisotopic (exact) mass is 328 g/mol. The summed E-state index contributed by atoms with van der Waals surface area (Å²) >= 11 is 0. The number of carbonyl (C=O) groups excluding carboxylic acids is 2. The third kappa shape index (κ3) is 5.69. The third-order valence-electron chi connectivity index (χ3n) is 3.87. The highest BCUT2D eigenvalue weighted by atomic mass is 16.5. The molecule has 0 fully saturated rings. The highest BCUT2D eigenvalue weighted by molar-refractivity contribution is 5.79. The number of rotatable bonds is 11. The van der Waals surface area contributed by atoms with Crippen LogP contribution in [-0.2, 0) is 9.53 Å². The summed E-state index contributed by atoms with van der Waals surface area (Å²) in [6, 6.07) is 7.25. The first-order chi connectivity index (χ1) is 11.8. The Bertz CT molecular complexity index is 601. The van der Waals surface area contributed by atoms with Gasteiger partial charge < -0.3 is 9.47 Å². The Morgan fingerprint density at radius 2 is 1.54 bits per heavy atom. The van der Waals surface area contributed by atoms with E-state index < -0.39 is 0 Å². The van der Waals surface area contributed by atoms with Crippen LogP contribution in [0.4, 0.5) is 0 Å². The quantitative estimate of drug-likeness (QED) is 0.450. The van der Waals surface area contributed by atoms with Crippen molar-refractivity contribution in [1.29, 1.82) is 0 Å². The van der Waals surface area contributed by atoms with E-state index in [1.54, 1.807) is 6.07 Å². The molecule has 0 aromatic heterocycles. The van der Waals surface area contributed by atoms with Gasteiger partial charge in [0.1, 0.15) is 11.5 Å². The van der Waals surface area contributed by atoms with Gasteiger partial charge in [0.25, 0.3) is 0 Å². The Balaban J connectivity index is 1.54. The molecule has 1 aromatic carbocycles. The zero-order chi connectivity index (χ0) is 17.0. The molecule has 0 saturated carbocycles. The predicted molar refractivity (Wildman–Crippen MR) is 93.2 cm³/mol. The maximum absolute atomic E-state index is 10.9. The molecule has 0 unspecified atom stereocenters. The Morgan fingerprint density at radius 1 is 0.833 bits per heavy atom. The molecule has 0 bridgehead atoms. The van der Waals surface area contributed by atoms with Crippen molar-refractivity contribution < 1.29 is 19.1 Å². The minimum absolute atomic E-state index is 0.589. The van der Waals surface area contributed by atoms with Gasteiger partial charge in [0.15, 0.2) is 12.6 Å². The summed E-state index contributed by atoms with van der Waals surface area (Å²) in [5.41, 5.74) is 1.26. The zero-order valence-electron chi connectivity index (χ0n) is 13.9. The van der Waals surface area contributed by atoms with Crippen LogP contribution in [0, 0.1) is 0 Å². The van der Waals surface area contributed by atoms with Crippen molar-refractivity contribution in [2.24, 2.45) is 0 Å². The van der Waals surface area contributed by atoms with E-state index in [4.69, 9.17) is 9.47 Å². The molecule has 1 aliphatic rings. The molecule has 2 rings (SSSR count). The standard InChI is InChI=1S/C20H24O4/c21-15-17-9-3-5-11-19(17)23-13-7-1-2-8-14-24-20-12-6-4-10-18(20)16-22/h3,5,9-12,15-16H,1-2,4,6-8,13-14H2. The van der Waals surface area contributed by atoms with Gasteiger partial charge in [-0.1, -0.05) is 18.2 Å². The van der Waals surface area contributed by atoms with Crippen LogP contribution in [0.1, 0.15) is 48.9 Å². The summed E-state index contributed by atoms with van der Waals surface area (Å²) in [6.45, 7) is 1.24. The Kier molecular flexibility index (Phi) is 7.81. The normalized spacial score (nSPS) is 13.7. The summed E-state index contributed by atoms with van der Waals surface area (Å²) in [6.07, 6.45) is 11.4. The highest BCUT2D eigenvalue weighted by Crippen LogP contribution is 2.19. The lowest BCUT2D eigenvalue weighted by Gasteiger charge is -2.13. The van der Waals surface area contributed by atoms with Gasteiger partial charge in [0.2, 0.25) is 0 Å². The van der Waals surface area contributed by atoms with Gasteiger partial charge >= 0.3 is 0 Å². The average Bonchev–Trinajstić information content (AvgIpc) is 2.64. The van der Waals surface area contributed by atoms with Crippen LogP contribution in [0.3, 0.4) is 0 Å². The molecule has 0 N–H and O–H groups in total. The summed E-state index contributed by atoms with van der Waals surface area (Å²) in [5, 5.41) is 0. The highest BCUT2D eigenvalue weighted by Gasteiger charge is 2.08. The third-order valence-corrected chi connectivity index (χ3v) is 3.87. The molecule has 0 spiro atoms. The fraction of sp³-hybridized carbons (Fsp3) is 0.400. The van der Waals surface area contributed by atoms with E-state index in [9.17, 15) is 9.59 Å². The first-order valence-electron chi connectivity index (χ1n) is 8.51. The molecule has 1 aliphatic carbocycles. The summed E-state index contributed by atoms with van der Waals surface area (Å²) < 4.78 is 11.3. The number of benzene rings is 1. The predicted octanol–water partition coefficient (Wildman–Crippen LogP) is 4.26. The molecule has 4 heteroatoms. The lowest BCUT2D eigenvalue weighted by Crippen LogP contribution is -2.03.